The fourth-order valence-corrected chi connectivity index (χ4v) is 6.19. The zero-order valence-electron chi connectivity index (χ0n) is 24.3. The summed E-state index contributed by atoms with van der Waals surface area (Å²) in [4.78, 5) is 29.2. The number of rotatable bonds is 12. The van der Waals surface area contributed by atoms with Gasteiger partial charge < -0.3 is 10.2 Å². The van der Waals surface area contributed by atoms with Crippen LogP contribution in [0.3, 0.4) is 0 Å². The summed E-state index contributed by atoms with van der Waals surface area (Å²) in [5.41, 5.74) is 4.05. The monoisotopic (exact) mass is 563 g/mol. The van der Waals surface area contributed by atoms with Crippen LogP contribution in [0.25, 0.3) is 0 Å². The van der Waals surface area contributed by atoms with Crippen LogP contribution in [0.1, 0.15) is 55.9 Å². The predicted octanol–water partition coefficient (Wildman–Crippen LogP) is 5.53. The van der Waals surface area contributed by atoms with Gasteiger partial charge in [-0.2, -0.15) is 0 Å². The number of anilines is 1. The Balaban J connectivity index is 2.08. The summed E-state index contributed by atoms with van der Waals surface area (Å²) < 4.78 is 29.1. The van der Waals surface area contributed by atoms with Crippen LogP contribution in [0, 0.1) is 20.8 Å². The van der Waals surface area contributed by atoms with E-state index in [0.29, 0.717) is 12.1 Å². The van der Waals surface area contributed by atoms with E-state index in [0.717, 1.165) is 28.7 Å². The van der Waals surface area contributed by atoms with Crippen molar-refractivity contribution in [3.63, 3.8) is 0 Å². The highest BCUT2D eigenvalue weighted by atomic mass is 32.2. The minimum Gasteiger partial charge on any atom is -0.352 e. The Labute approximate surface area is 239 Å². The Morgan fingerprint density at radius 1 is 0.850 bits per heavy atom. The van der Waals surface area contributed by atoms with E-state index in [2.05, 4.69) is 5.32 Å². The number of hydrogen-bond acceptors (Lipinski definition) is 4. The first-order chi connectivity index (χ1) is 19.0. The van der Waals surface area contributed by atoms with E-state index in [4.69, 9.17) is 0 Å². The van der Waals surface area contributed by atoms with Crippen molar-refractivity contribution in [2.75, 3.05) is 10.8 Å². The molecule has 0 fully saturated rings. The lowest BCUT2D eigenvalue weighted by atomic mass is 10.1. The molecule has 0 aliphatic rings. The van der Waals surface area contributed by atoms with Crippen LogP contribution in [0.5, 0.6) is 0 Å². The molecule has 0 bridgehead atoms. The molecular weight excluding hydrogens is 522 g/mol. The minimum absolute atomic E-state index is 0.0531. The molecule has 0 spiro atoms. The van der Waals surface area contributed by atoms with Gasteiger partial charge >= 0.3 is 0 Å². The SMILES string of the molecule is CC[C@H](C)NC(=O)[C@H](CC)N(Cc1cccc(C)c1)C(=O)CN(c1ccc(C)cc1C)S(=O)(=O)c1ccccc1. The molecule has 3 rings (SSSR count). The van der Waals surface area contributed by atoms with Crippen LogP contribution >= 0.6 is 0 Å². The molecule has 0 aliphatic carbocycles. The highest BCUT2D eigenvalue weighted by molar-refractivity contribution is 7.92. The maximum Gasteiger partial charge on any atom is 0.264 e. The third-order valence-corrected chi connectivity index (χ3v) is 8.83. The number of nitrogens with zero attached hydrogens (tertiary/aromatic N) is 2. The van der Waals surface area contributed by atoms with E-state index in [-0.39, 0.29) is 23.4 Å². The van der Waals surface area contributed by atoms with Gasteiger partial charge in [-0.3, -0.25) is 13.9 Å². The molecule has 214 valence electrons. The topological polar surface area (TPSA) is 86.8 Å². The lowest BCUT2D eigenvalue weighted by molar-refractivity contribution is -0.140. The van der Waals surface area contributed by atoms with Crippen LogP contribution in [0.4, 0.5) is 5.69 Å². The molecule has 0 aliphatic heterocycles. The Morgan fingerprint density at radius 3 is 2.12 bits per heavy atom. The summed E-state index contributed by atoms with van der Waals surface area (Å²) in [5.74, 6) is -0.700. The van der Waals surface area contributed by atoms with Gasteiger partial charge in [0, 0.05) is 12.6 Å². The summed E-state index contributed by atoms with van der Waals surface area (Å²) in [6.07, 6.45) is 1.14. The van der Waals surface area contributed by atoms with Gasteiger partial charge in [-0.05, 0) is 69.9 Å². The summed E-state index contributed by atoms with van der Waals surface area (Å²) in [6.45, 7) is 11.2. The highest BCUT2D eigenvalue weighted by Gasteiger charge is 2.34. The lowest BCUT2D eigenvalue weighted by Crippen LogP contribution is -2.53. The molecule has 1 N–H and O–H groups in total. The summed E-state index contributed by atoms with van der Waals surface area (Å²) in [5, 5.41) is 3.00. The number of nitrogens with one attached hydrogen (secondary N) is 1. The smallest absolute Gasteiger partial charge is 0.264 e. The first-order valence-electron chi connectivity index (χ1n) is 13.8. The number of aryl methyl sites for hydroxylation is 3. The fourth-order valence-electron chi connectivity index (χ4n) is 4.69. The summed E-state index contributed by atoms with van der Waals surface area (Å²) in [6, 6.07) is 20.5. The minimum atomic E-state index is -4.09. The third kappa shape index (κ3) is 7.50. The van der Waals surface area contributed by atoms with Gasteiger partial charge in [0.1, 0.15) is 12.6 Å². The van der Waals surface area contributed by atoms with Crippen LogP contribution in [0.15, 0.2) is 77.7 Å². The van der Waals surface area contributed by atoms with E-state index in [9.17, 15) is 18.0 Å². The maximum atomic E-state index is 14.2. The second-order valence-corrected chi connectivity index (χ2v) is 12.2. The number of sulfonamides is 1. The number of hydrogen-bond donors (Lipinski definition) is 1. The molecule has 0 heterocycles. The van der Waals surface area contributed by atoms with Gasteiger partial charge in [-0.25, -0.2) is 8.42 Å². The van der Waals surface area contributed by atoms with Gasteiger partial charge in [0.15, 0.2) is 0 Å². The van der Waals surface area contributed by atoms with Crippen molar-refractivity contribution in [1.82, 2.24) is 10.2 Å². The van der Waals surface area contributed by atoms with Gasteiger partial charge in [0.25, 0.3) is 10.0 Å². The van der Waals surface area contributed by atoms with E-state index in [1.165, 1.54) is 21.3 Å². The number of carbonyl (C=O) groups is 2. The van der Waals surface area contributed by atoms with Gasteiger partial charge in [-0.1, -0.05) is 79.6 Å². The molecule has 40 heavy (non-hydrogen) atoms. The molecule has 3 aromatic carbocycles. The maximum absolute atomic E-state index is 14.2. The molecule has 7 nitrogen and oxygen atoms in total. The Hall–Kier alpha value is -3.65. The zero-order valence-corrected chi connectivity index (χ0v) is 25.2. The molecule has 2 atom stereocenters. The van der Waals surface area contributed by atoms with Crippen molar-refractivity contribution >= 4 is 27.5 Å². The molecule has 0 unspecified atom stereocenters. The first-order valence-corrected chi connectivity index (χ1v) is 15.2. The van der Waals surface area contributed by atoms with Gasteiger partial charge in [0.05, 0.1) is 10.6 Å². The normalized spacial score (nSPS) is 12.8. The van der Waals surface area contributed by atoms with Gasteiger partial charge in [-0.15, -0.1) is 0 Å². The quantitative estimate of drug-likeness (QED) is 0.314. The van der Waals surface area contributed by atoms with Crippen LogP contribution in [-0.4, -0.2) is 43.8 Å². The fraction of sp³-hybridized carbons (Fsp3) is 0.375. The highest BCUT2D eigenvalue weighted by Crippen LogP contribution is 2.28. The standard InChI is InChI=1S/C32H41N3O4S/c1-7-26(6)33-32(37)29(8-2)34(21-27-14-12-13-23(3)20-27)31(36)22-35(30-18-17-24(4)19-25(30)5)40(38,39)28-15-10-9-11-16-28/h9-20,26,29H,7-8,21-22H2,1-6H3,(H,33,37)/t26-,29-/m0/s1. The second kappa shape index (κ2) is 13.6. The number of carbonyl (C=O) groups excluding carboxylic acids is 2. The lowest BCUT2D eigenvalue weighted by Gasteiger charge is -2.34. The van der Waals surface area contributed by atoms with Crippen molar-refractivity contribution in [2.24, 2.45) is 0 Å². The van der Waals surface area contributed by atoms with E-state index in [1.807, 2.05) is 77.9 Å². The molecule has 0 radical (unpaired) electrons. The van der Waals surface area contributed by atoms with Crippen molar-refractivity contribution < 1.29 is 18.0 Å². The van der Waals surface area contributed by atoms with Crippen molar-refractivity contribution in [3.8, 4) is 0 Å². The molecule has 2 amide bonds. The average molecular weight is 564 g/mol. The molecule has 0 saturated carbocycles. The van der Waals surface area contributed by atoms with Crippen LogP contribution < -0.4 is 9.62 Å². The molecular formula is C32H41N3O4S. The second-order valence-electron chi connectivity index (χ2n) is 10.4. The van der Waals surface area contributed by atoms with Crippen LogP contribution in [-0.2, 0) is 26.2 Å². The summed E-state index contributed by atoms with van der Waals surface area (Å²) >= 11 is 0. The number of amides is 2. The van der Waals surface area contributed by atoms with Gasteiger partial charge in [0.2, 0.25) is 11.8 Å². The van der Waals surface area contributed by atoms with E-state index < -0.39 is 28.5 Å². The zero-order chi connectivity index (χ0) is 29.4. The first kappa shape index (κ1) is 30.9. The molecule has 0 saturated heterocycles. The van der Waals surface area contributed by atoms with Crippen molar-refractivity contribution in [2.45, 2.75) is 77.9 Å². The van der Waals surface area contributed by atoms with Crippen LogP contribution in [0.2, 0.25) is 0 Å². The van der Waals surface area contributed by atoms with E-state index in [1.54, 1.807) is 24.3 Å². The van der Waals surface area contributed by atoms with Crippen molar-refractivity contribution in [1.29, 1.82) is 0 Å². The Bertz CT molecular complexity index is 1420. The Morgan fingerprint density at radius 2 is 1.52 bits per heavy atom. The average Bonchev–Trinajstić information content (AvgIpc) is 2.92. The Kier molecular flexibility index (Phi) is 10.5. The van der Waals surface area contributed by atoms with E-state index >= 15 is 0 Å². The predicted molar refractivity (Wildman–Crippen MR) is 161 cm³/mol. The molecule has 8 heteroatoms. The molecule has 3 aromatic rings. The van der Waals surface area contributed by atoms with Crippen molar-refractivity contribution in [3.05, 3.63) is 95.1 Å². The summed E-state index contributed by atoms with van der Waals surface area (Å²) in [7, 11) is -4.09. The molecule has 0 aromatic heterocycles. The largest absolute Gasteiger partial charge is 0.352 e. The number of benzene rings is 3. The third-order valence-electron chi connectivity index (χ3n) is 7.05.